The number of hydrogen-bond acceptors (Lipinski definition) is 1. The fourth-order valence-electron chi connectivity index (χ4n) is 2.60. The Bertz CT molecular complexity index is 161. The molecule has 0 spiro atoms. The number of ether oxygens (including phenoxy) is 1. The van der Waals surface area contributed by atoms with Gasteiger partial charge < -0.3 is 22.0 Å². The van der Waals surface area contributed by atoms with Crippen LogP contribution in [0, 0.1) is 0 Å². The first kappa shape index (κ1) is 18.2. The summed E-state index contributed by atoms with van der Waals surface area (Å²) in [4.78, 5) is 1.76. The fraction of sp³-hybridized carbons (Fsp3) is 1.00. The van der Waals surface area contributed by atoms with Crippen molar-refractivity contribution in [3.8, 4) is 0 Å². The van der Waals surface area contributed by atoms with Gasteiger partial charge in [-0.2, -0.15) is 0 Å². The van der Waals surface area contributed by atoms with Crippen molar-refractivity contribution >= 4 is 0 Å². The first-order valence-corrected chi connectivity index (χ1v) is 7.85. The Balaban J connectivity index is 0.00000289. The van der Waals surface area contributed by atoms with E-state index >= 15 is 0 Å². The number of nitrogens with one attached hydrogen (secondary N) is 1. The van der Waals surface area contributed by atoms with Gasteiger partial charge in [-0.25, -0.2) is 0 Å². The van der Waals surface area contributed by atoms with Gasteiger partial charge in [0, 0.05) is 0 Å². The van der Waals surface area contributed by atoms with Crippen LogP contribution in [0.15, 0.2) is 0 Å². The second kappa shape index (κ2) is 13.6. The predicted octanol–water partition coefficient (Wildman–Crippen LogP) is -0.564. The van der Waals surface area contributed by atoms with E-state index in [1.165, 1.54) is 77.4 Å². The maximum Gasteiger partial charge on any atom is 0.101 e. The summed E-state index contributed by atoms with van der Waals surface area (Å²) in [5, 5.41) is 0. The van der Waals surface area contributed by atoms with Crippen LogP contribution in [0.4, 0.5) is 0 Å². The summed E-state index contributed by atoms with van der Waals surface area (Å²) in [6, 6.07) is 0. The lowest BCUT2D eigenvalue weighted by atomic mass is 10.1. The van der Waals surface area contributed by atoms with Crippen LogP contribution in [0.1, 0.15) is 64.7 Å². The molecule has 1 heterocycles. The van der Waals surface area contributed by atoms with E-state index in [1.807, 2.05) is 0 Å². The maximum absolute atomic E-state index is 5.37. The molecule has 0 saturated carbocycles. The minimum Gasteiger partial charge on any atom is -1.00 e. The fourth-order valence-corrected chi connectivity index (χ4v) is 2.60. The van der Waals surface area contributed by atoms with Crippen molar-refractivity contribution in [2.24, 2.45) is 0 Å². The van der Waals surface area contributed by atoms with E-state index in [0.717, 1.165) is 13.2 Å². The van der Waals surface area contributed by atoms with E-state index in [4.69, 9.17) is 4.74 Å². The zero-order valence-corrected chi connectivity index (χ0v) is 12.9. The third-order valence-electron chi connectivity index (χ3n) is 3.83. The van der Waals surface area contributed by atoms with Crippen molar-refractivity contribution in [3.63, 3.8) is 0 Å². The average Bonchev–Trinajstić information content (AvgIpc) is 2.38. The van der Waals surface area contributed by atoms with Gasteiger partial charge in [0.25, 0.3) is 0 Å². The molecule has 1 rings (SSSR count). The maximum atomic E-state index is 5.37. The molecule has 0 aromatic carbocycles. The highest BCUT2D eigenvalue weighted by Crippen LogP contribution is 2.08. The van der Waals surface area contributed by atoms with Gasteiger partial charge in [0.2, 0.25) is 0 Å². The van der Waals surface area contributed by atoms with Gasteiger partial charge in [-0.15, -0.1) is 0 Å². The largest absolute Gasteiger partial charge is 1.00 e. The van der Waals surface area contributed by atoms with Crippen molar-refractivity contribution in [2.75, 3.05) is 32.8 Å². The molecule has 0 aromatic rings. The minimum absolute atomic E-state index is 0. The monoisotopic (exact) mass is 277 g/mol. The zero-order chi connectivity index (χ0) is 12.2. The topological polar surface area (TPSA) is 13.7 Å². The molecular weight excluding hydrogens is 246 g/mol. The van der Waals surface area contributed by atoms with E-state index in [0.29, 0.717) is 0 Å². The van der Waals surface area contributed by atoms with Gasteiger partial charge in [-0.05, 0) is 12.8 Å². The summed E-state index contributed by atoms with van der Waals surface area (Å²) >= 11 is 0. The molecular formula is C15H32ClNO. The first-order chi connectivity index (χ1) is 8.43. The van der Waals surface area contributed by atoms with E-state index < -0.39 is 0 Å². The normalized spacial score (nSPS) is 16.5. The molecule has 1 aliphatic heterocycles. The second-order valence-corrected chi connectivity index (χ2v) is 5.44. The molecule has 3 heteroatoms. The number of halogens is 1. The molecule has 0 bridgehead atoms. The van der Waals surface area contributed by atoms with Crippen LogP contribution in [0.25, 0.3) is 0 Å². The van der Waals surface area contributed by atoms with Crippen LogP contribution in [-0.2, 0) is 4.74 Å². The highest BCUT2D eigenvalue weighted by atomic mass is 35.5. The van der Waals surface area contributed by atoms with Crippen molar-refractivity contribution in [1.29, 1.82) is 0 Å². The quantitative estimate of drug-likeness (QED) is 0.529. The van der Waals surface area contributed by atoms with E-state index in [-0.39, 0.29) is 12.4 Å². The van der Waals surface area contributed by atoms with Crippen LogP contribution in [0.2, 0.25) is 0 Å². The average molecular weight is 278 g/mol. The molecule has 110 valence electrons. The number of rotatable bonds is 10. The summed E-state index contributed by atoms with van der Waals surface area (Å²) in [5.41, 5.74) is 0. The lowest BCUT2D eigenvalue weighted by Crippen LogP contribution is -3.14. The summed E-state index contributed by atoms with van der Waals surface area (Å²) in [6.45, 7) is 8.08. The van der Waals surface area contributed by atoms with Crippen LogP contribution < -0.4 is 17.3 Å². The van der Waals surface area contributed by atoms with Gasteiger partial charge in [-0.3, -0.25) is 0 Å². The predicted molar refractivity (Wildman–Crippen MR) is 73.6 cm³/mol. The third-order valence-corrected chi connectivity index (χ3v) is 3.83. The van der Waals surface area contributed by atoms with Crippen LogP contribution in [0.5, 0.6) is 0 Å². The van der Waals surface area contributed by atoms with Gasteiger partial charge in [-0.1, -0.05) is 51.9 Å². The number of morpholine rings is 1. The smallest absolute Gasteiger partial charge is 0.101 e. The van der Waals surface area contributed by atoms with Gasteiger partial charge >= 0.3 is 0 Å². The van der Waals surface area contributed by atoms with Gasteiger partial charge in [0.15, 0.2) is 0 Å². The molecule has 1 saturated heterocycles. The lowest BCUT2D eigenvalue weighted by Gasteiger charge is -2.23. The Morgan fingerprint density at radius 2 is 1.28 bits per heavy atom. The van der Waals surface area contributed by atoms with Crippen molar-refractivity contribution in [1.82, 2.24) is 0 Å². The summed E-state index contributed by atoms with van der Waals surface area (Å²) in [6.07, 6.45) is 12.9. The van der Waals surface area contributed by atoms with E-state index in [2.05, 4.69) is 6.92 Å². The van der Waals surface area contributed by atoms with Crippen LogP contribution >= 0.6 is 0 Å². The number of hydrogen-bond donors (Lipinski definition) is 1. The standard InChI is InChI=1S/C15H31NO.ClH/c1-2-3-4-5-6-7-8-9-10-11-16-12-14-17-15-13-16;/h2-15H2,1H3;1H. The van der Waals surface area contributed by atoms with Crippen LogP contribution in [-0.4, -0.2) is 32.8 Å². The SMILES string of the molecule is CCCCCCCCCCC[NH+]1CCOCC1.[Cl-]. The number of quaternary nitrogens is 1. The molecule has 18 heavy (non-hydrogen) atoms. The van der Waals surface area contributed by atoms with E-state index in [9.17, 15) is 0 Å². The molecule has 1 aliphatic rings. The molecule has 1 fully saturated rings. The Hall–Kier alpha value is 0.210. The highest BCUT2D eigenvalue weighted by molar-refractivity contribution is 4.47. The second-order valence-electron chi connectivity index (χ2n) is 5.44. The molecule has 0 atom stereocenters. The molecule has 0 aromatic heterocycles. The molecule has 1 N–H and O–H groups in total. The Morgan fingerprint density at radius 1 is 0.778 bits per heavy atom. The van der Waals surface area contributed by atoms with Crippen LogP contribution in [0.3, 0.4) is 0 Å². The van der Waals surface area contributed by atoms with E-state index in [1.54, 1.807) is 4.90 Å². The molecule has 0 radical (unpaired) electrons. The first-order valence-electron chi connectivity index (χ1n) is 7.85. The zero-order valence-electron chi connectivity index (χ0n) is 12.2. The van der Waals surface area contributed by atoms with Gasteiger partial charge in [0.05, 0.1) is 19.8 Å². The Morgan fingerprint density at radius 3 is 1.83 bits per heavy atom. The summed E-state index contributed by atoms with van der Waals surface area (Å²) in [7, 11) is 0. The van der Waals surface area contributed by atoms with Gasteiger partial charge in [0.1, 0.15) is 13.1 Å². The summed E-state index contributed by atoms with van der Waals surface area (Å²) < 4.78 is 5.37. The molecule has 0 aliphatic carbocycles. The lowest BCUT2D eigenvalue weighted by molar-refractivity contribution is -0.908. The van der Waals surface area contributed by atoms with Crippen molar-refractivity contribution in [2.45, 2.75) is 64.7 Å². The van der Waals surface area contributed by atoms with Crippen molar-refractivity contribution < 1.29 is 22.0 Å². The minimum atomic E-state index is 0. The number of unbranched alkanes of at least 4 members (excludes halogenated alkanes) is 8. The summed E-state index contributed by atoms with van der Waals surface area (Å²) in [5.74, 6) is 0. The Kier molecular flexibility index (Phi) is 13.8. The molecule has 0 unspecified atom stereocenters. The Labute approximate surface area is 120 Å². The highest BCUT2D eigenvalue weighted by Gasteiger charge is 2.12. The molecule has 2 nitrogen and oxygen atoms in total. The third kappa shape index (κ3) is 10.2. The molecule has 0 amide bonds. The van der Waals surface area contributed by atoms with Crippen molar-refractivity contribution in [3.05, 3.63) is 0 Å².